The molecule has 3 rings (SSSR count). The summed E-state index contributed by atoms with van der Waals surface area (Å²) in [6.07, 6.45) is 2.50. The van der Waals surface area contributed by atoms with Crippen LogP contribution in [0, 0.1) is 6.92 Å². The van der Waals surface area contributed by atoms with E-state index in [0.717, 1.165) is 17.5 Å². The maximum atomic E-state index is 12.7. The smallest absolute Gasteiger partial charge is 0.343 e. The molecule has 1 aliphatic rings. The van der Waals surface area contributed by atoms with Crippen molar-refractivity contribution in [3.05, 3.63) is 39.7 Å². The minimum atomic E-state index is -0.567. The zero-order chi connectivity index (χ0) is 15.9. The summed E-state index contributed by atoms with van der Waals surface area (Å²) in [6, 6.07) is 3.75. The van der Waals surface area contributed by atoms with Crippen molar-refractivity contribution < 1.29 is 14.3 Å². The van der Waals surface area contributed by atoms with E-state index >= 15 is 0 Å². The van der Waals surface area contributed by atoms with E-state index in [1.807, 2.05) is 23.6 Å². The zero-order valence-corrected chi connectivity index (χ0v) is 13.0. The van der Waals surface area contributed by atoms with Crippen molar-refractivity contribution in [1.29, 1.82) is 0 Å². The van der Waals surface area contributed by atoms with Gasteiger partial charge in [-0.1, -0.05) is 13.0 Å². The summed E-state index contributed by atoms with van der Waals surface area (Å²) in [5.74, 6) is 0.133. The van der Waals surface area contributed by atoms with Crippen molar-refractivity contribution in [1.82, 2.24) is 4.57 Å². The summed E-state index contributed by atoms with van der Waals surface area (Å²) >= 11 is 0. The molecule has 0 N–H and O–H groups in total. The van der Waals surface area contributed by atoms with Crippen LogP contribution in [0.3, 0.4) is 0 Å². The molecule has 1 aliphatic heterocycles. The van der Waals surface area contributed by atoms with Gasteiger partial charge >= 0.3 is 5.97 Å². The number of hydrogen-bond donors (Lipinski definition) is 0. The topological polar surface area (TPSA) is 57.5 Å². The van der Waals surface area contributed by atoms with Crippen molar-refractivity contribution in [2.75, 3.05) is 6.61 Å². The van der Waals surface area contributed by atoms with Gasteiger partial charge < -0.3 is 14.0 Å². The highest BCUT2D eigenvalue weighted by Gasteiger charge is 2.25. The Morgan fingerprint density at radius 3 is 2.86 bits per heavy atom. The molecule has 0 fully saturated rings. The van der Waals surface area contributed by atoms with Crippen molar-refractivity contribution in [3.63, 3.8) is 0 Å². The number of aromatic nitrogens is 1. The monoisotopic (exact) mass is 301 g/mol. The van der Waals surface area contributed by atoms with Crippen molar-refractivity contribution in [2.24, 2.45) is 0 Å². The lowest BCUT2D eigenvalue weighted by molar-refractivity contribution is 0.0523. The Balaban J connectivity index is 2.31. The third-order valence-corrected chi connectivity index (χ3v) is 4.04. The first kappa shape index (κ1) is 14.6. The van der Waals surface area contributed by atoms with Gasteiger partial charge in [0.1, 0.15) is 17.4 Å². The molecule has 0 saturated heterocycles. The maximum Gasteiger partial charge on any atom is 0.343 e. The number of hydrogen-bond acceptors (Lipinski definition) is 4. The maximum absolute atomic E-state index is 12.7. The van der Waals surface area contributed by atoms with Crippen LogP contribution in [0.2, 0.25) is 0 Å². The molecular weight excluding hydrogens is 282 g/mol. The van der Waals surface area contributed by atoms with Crippen LogP contribution < -0.4 is 10.2 Å². The molecule has 0 aliphatic carbocycles. The molecule has 5 nitrogen and oxygen atoms in total. The average molecular weight is 301 g/mol. The first-order valence-electron chi connectivity index (χ1n) is 7.57. The molecule has 1 aromatic heterocycles. The van der Waals surface area contributed by atoms with E-state index in [0.29, 0.717) is 17.7 Å². The van der Waals surface area contributed by atoms with Gasteiger partial charge in [-0.2, -0.15) is 0 Å². The molecule has 1 unspecified atom stereocenters. The SMILES string of the molecule is CCOC(=O)c1cn2c3c(ccc(C)c3c1=O)OC(CC)C2. The minimum Gasteiger partial charge on any atom is -0.486 e. The van der Waals surface area contributed by atoms with Crippen LogP contribution in [-0.2, 0) is 11.3 Å². The fourth-order valence-electron chi connectivity index (χ4n) is 2.90. The fourth-order valence-corrected chi connectivity index (χ4v) is 2.90. The van der Waals surface area contributed by atoms with E-state index in [9.17, 15) is 9.59 Å². The van der Waals surface area contributed by atoms with Gasteiger partial charge in [0.15, 0.2) is 0 Å². The van der Waals surface area contributed by atoms with Crippen LogP contribution >= 0.6 is 0 Å². The molecular formula is C17H19NO4. The Labute approximate surface area is 128 Å². The Morgan fingerprint density at radius 1 is 1.41 bits per heavy atom. The molecule has 0 saturated carbocycles. The number of benzene rings is 1. The van der Waals surface area contributed by atoms with Gasteiger partial charge in [0.25, 0.3) is 0 Å². The second-order valence-corrected chi connectivity index (χ2v) is 5.50. The number of rotatable bonds is 3. The number of nitrogens with zero attached hydrogens (tertiary/aromatic N) is 1. The number of ether oxygens (including phenoxy) is 2. The molecule has 2 heterocycles. The van der Waals surface area contributed by atoms with Crippen LogP contribution in [-0.4, -0.2) is 23.2 Å². The van der Waals surface area contributed by atoms with E-state index in [1.54, 1.807) is 13.1 Å². The molecule has 0 bridgehead atoms. The average Bonchev–Trinajstić information content (AvgIpc) is 2.51. The van der Waals surface area contributed by atoms with Gasteiger partial charge in [-0.15, -0.1) is 0 Å². The molecule has 1 atom stereocenters. The largest absolute Gasteiger partial charge is 0.486 e. The van der Waals surface area contributed by atoms with Gasteiger partial charge in [-0.05, 0) is 31.9 Å². The summed E-state index contributed by atoms with van der Waals surface area (Å²) < 4.78 is 12.9. The van der Waals surface area contributed by atoms with Crippen LogP contribution in [0.4, 0.5) is 0 Å². The first-order valence-corrected chi connectivity index (χ1v) is 7.57. The highest BCUT2D eigenvalue weighted by Crippen LogP contribution is 2.32. The standard InChI is InChI=1S/C17H19NO4/c1-4-11-8-18-9-12(17(20)21-5-2)16(19)14-10(3)6-7-13(22-11)15(14)18/h6-7,9,11H,4-5,8H2,1-3H3. The van der Waals surface area contributed by atoms with Gasteiger partial charge in [0.05, 0.1) is 24.1 Å². The Bertz CT molecular complexity index is 806. The molecule has 5 heteroatoms. The van der Waals surface area contributed by atoms with Gasteiger partial charge in [0.2, 0.25) is 5.43 Å². The van der Waals surface area contributed by atoms with E-state index in [1.165, 1.54) is 0 Å². The van der Waals surface area contributed by atoms with Crippen molar-refractivity contribution >= 4 is 16.9 Å². The Kier molecular flexibility index (Phi) is 3.64. The zero-order valence-electron chi connectivity index (χ0n) is 13.0. The number of esters is 1. The molecule has 0 spiro atoms. The third-order valence-electron chi connectivity index (χ3n) is 4.04. The van der Waals surface area contributed by atoms with E-state index in [-0.39, 0.29) is 23.7 Å². The van der Waals surface area contributed by atoms with Gasteiger partial charge in [-0.25, -0.2) is 4.79 Å². The summed E-state index contributed by atoms with van der Waals surface area (Å²) in [4.78, 5) is 24.8. The molecule has 1 aromatic carbocycles. The molecule has 0 radical (unpaired) electrons. The van der Waals surface area contributed by atoms with Gasteiger partial charge in [0, 0.05) is 6.20 Å². The molecule has 22 heavy (non-hydrogen) atoms. The summed E-state index contributed by atoms with van der Waals surface area (Å²) in [5.41, 5.74) is 1.40. The highest BCUT2D eigenvalue weighted by molar-refractivity contribution is 5.96. The molecule has 0 amide bonds. The van der Waals surface area contributed by atoms with Crippen LogP contribution in [0.1, 0.15) is 36.2 Å². The predicted octanol–water partition coefficient (Wildman–Crippen LogP) is 2.66. The van der Waals surface area contributed by atoms with Crippen LogP contribution in [0.5, 0.6) is 5.75 Å². The number of carbonyl (C=O) groups excluding carboxylic acids is 1. The summed E-state index contributed by atoms with van der Waals surface area (Å²) in [5, 5.41) is 0.539. The lowest BCUT2D eigenvalue weighted by Crippen LogP contribution is -2.30. The van der Waals surface area contributed by atoms with Crippen LogP contribution in [0.25, 0.3) is 10.9 Å². The van der Waals surface area contributed by atoms with E-state index < -0.39 is 5.97 Å². The number of aryl methyl sites for hydroxylation is 1. The van der Waals surface area contributed by atoms with Gasteiger partial charge in [-0.3, -0.25) is 4.79 Å². The van der Waals surface area contributed by atoms with E-state index in [4.69, 9.17) is 9.47 Å². The van der Waals surface area contributed by atoms with Crippen molar-refractivity contribution in [3.8, 4) is 5.75 Å². The summed E-state index contributed by atoms with van der Waals surface area (Å²) in [6.45, 7) is 6.51. The predicted molar refractivity (Wildman–Crippen MR) is 83.6 cm³/mol. The Morgan fingerprint density at radius 2 is 2.18 bits per heavy atom. The normalized spacial score (nSPS) is 16.4. The summed E-state index contributed by atoms with van der Waals surface area (Å²) in [7, 11) is 0. The molecule has 116 valence electrons. The number of pyridine rings is 1. The third kappa shape index (κ3) is 2.17. The highest BCUT2D eigenvalue weighted by atomic mass is 16.5. The Hall–Kier alpha value is -2.30. The number of carbonyl (C=O) groups is 1. The lowest BCUT2D eigenvalue weighted by Gasteiger charge is -2.28. The van der Waals surface area contributed by atoms with Crippen LogP contribution in [0.15, 0.2) is 23.1 Å². The minimum absolute atomic E-state index is 0.0379. The quantitative estimate of drug-likeness (QED) is 0.818. The fraction of sp³-hybridized carbons (Fsp3) is 0.412. The lowest BCUT2D eigenvalue weighted by atomic mass is 10.0. The second-order valence-electron chi connectivity index (χ2n) is 5.50. The van der Waals surface area contributed by atoms with Crippen molar-refractivity contribution in [2.45, 2.75) is 39.8 Å². The van der Waals surface area contributed by atoms with E-state index in [2.05, 4.69) is 6.92 Å². The molecule has 2 aromatic rings. The first-order chi connectivity index (χ1) is 10.6. The second kappa shape index (κ2) is 5.48.